The summed E-state index contributed by atoms with van der Waals surface area (Å²) in [7, 11) is 2.94. The summed E-state index contributed by atoms with van der Waals surface area (Å²) in [4.78, 5) is 24.3. The molecule has 0 radical (unpaired) electrons. The molecule has 0 aliphatic carbocycles. The number of halogens is 1. The fraction of sp³-hybridized carbons (Fsp3) is 0.263. The SMILES string of the molecule is COc1cccc(C(=O)NCCNC(=O)c2ccc(C)c(F)c2)c1OC. The first-order valence-electron chi connectivity index (χ1n) is 8.01. The average Bonchev–Trinajstić information content (AvgIpc) is 2.66. The van der Waals surface area contributed by atoms with Crippen LogP contribution in [0.3, 0.4) is 0 Å². The number of hydrogen-bond donors (Lipinski definition) is 2. The molecule has 0 heterocycles. The molecular weight excluding hydrogens is 339 g/mol. The molecule has 138 valence electrons. The van der Waals surface area contributed by atoms with Crippen LogP contribution in [-0.4, -0.2) is 39.1 Å². The lowest BCUT2D eigenvalue weighted by Gasteiger charge is -2.12. The maximum atomic E-state index is 13.5. The zero-order chi connectivity index (χ0) is 19.1. The quantitative estimate of drug-likeness (QED) is 0.743. The summed E-state index contributed by atoms with van der Waals surface area (Å²) in [6.07, 6.45) is 0. The van der Waals surface area contributed by atoms with E-state index in [2.05, 4.69) is 10.6 Å². The molecule has 0 saturated carbocycles. The van der Waals surface area contributed by atoms with E-state index in [-0.39, 0.29) is 24.6 Å². The van der Waals surface area contributed by atoms with Crippen LogP contribution in [0.4, 0.5) is 4.39 Å². The second kappa shape index (κ2) is 8.84. The summed E-state index contributed by atoms with van der Waals surface area (Å²) < 4.78 is 23.9. The minimum absolute atomic E-state index is 0.201. The molecule has 0 aliphatic heterocycles. The van der Waals surface area contributed by atoms with Gasteiger partial charge in [-0.25, -0.2) is 4.39 Å². The van der Waals surface area contributed by atoms with E-state index in [0.717, 1.165) is 0 Å². The van der Waals surface area contributed by atoms with Crippen LogP contribution in [0, 0.1) is 12.7 Å². The topological polar surface area (TPSA) is 76.7 Å². The molecule has 0 aliphatic rings. The Hall–Kier alpha value is -3.09. The van der Waals surface area contributed by atoms with Crippen molar-refractivity contribution >= 4 is 11.8 Å². The van der Waals surface area contributed by atoms with Gasteiger partial charge in [0.05, 0.1) is 19.8 Å². The Bertz CT molecular complexity index is 808. The van der Waals surface area contributed by atoms with Gasteiger partial charge in [0.15, 0.2) is 11.5 Å². The van der Waals surface area contributed by atoms with Crippen LogP contribution in [0.5, 0.6) is 11.5 Å². The number of aryl methyl sites for hydroxylation is 1. The van der Waals surface area contributed by atoms with Crippen LogP contribution in [-0.2, 0) is 0 Å². The number of hydrogen-bond acceptors (Lipinski definition) is 4. The maximum absolute atomic E-state index is 13.5. The summed E-state index contributed by atoms with van der Waals surface area (Å²) in [5.41, 5.74) is 1.04. The van der Waals surface area contributed by atoms with E-state index in [9.17, 15) is 14.0 Å². The first-order chi connectivity index (χ1) is 12.5. The zero-order valence-electron chi connectivity index (χ0n) is 14.9. The highest BCUT2D eigenvalue weighted by Crippen LogP contribution is 2.30. The molecule has 7 heteroatoms. The standard InChI is InChI=1S/C19H21FN2O4/c1-12-7-8-13(11-15(12)20)18(23)21-9-10-22-19(24)14-5-4-6-16(25-2)17(14)26-3/h4-8,11H,9-10H2,1-3H3,(H,21,23)(H,22,24). The molecule has 2 N–H and O–H groups in total. The third kappa shape index (κ3) is 4.50. The van der Waals surface area contributed by atoms with Crippen LogP contribution in [0.15, 0.2) is 36.4 Å². The van der Waals surface area contributed by atoms with E-state index >= 15 is 0 Å². The second-order valence-electron chi connectivity index (χ2n) is 5.52. The maximum Gasteiger partial charge on any atom is 0.255 e. The number of para-hydroxylation sites is 1. The van der Waals surface area contributed by atoms with E-state index in [1.165, 1.54) is 20.3 Å². The monoisotopic (exact) mass is 360 g/mol. The van der Waals surface area contributed by atoms with E-state index in [0.29, 0.717) is 22.6 Å². The lowest BCUT2D eigenvalue weighted by atomic mass is 10.1. The molecule has 0 atom stereocenters. The molecule has 0 unspecified atom stereocenters. The number of nitrogens with one attached hydrogen (secondary N) is 2. The van der Waals surface area contributed by atoms with Gasteiger partial charge >= 0.3 is 0 Å². The Morgan fingerprint density at radius 3 is 2.31 bits per heavy atom. The third-order valence-corrected chi connectivity index (χ3v) is 3.78. The Morgan fingerprint density at radius 2 is 1.69 bits per heavy atom. The normalized spacial score (nSPS) is 10.2. The van der Waals surface area contributed by atoms with Crippen molar-refractivity contribution in [1.29, 1.82) is 0 Å². The van der Waals surface area contributed by atoms with Crippen molar-refractivity contribution in [3.8, 4) is 11.5 Å². The minimum Gasteiger partial charge on any atom is -0.493 e. The number of rotatable bonds is 7. The highest BCUT2D eigenvalue weighted by atomic mass is 19.1. The van der Waals surface area contributed by atoms with Gasteiger partial charge in [0.2, 0.25) is 0 Å². The first kappa shape index (κ1) is 19.2. The predicted molar refractivity (Wildman–Crippen MR) is 95.3 cm³/mol. The third-order valence-electron chi connectivity index (χ3n) is 3.78. The Balaban J connectivity index is 1.89. The Morgan fingerprint density at radius 1 is 1.00 bits per heavy atom. The van der Waals surface area contributed by atoms with Gasteiger partial charge < -0.3 is 20.1 Å². The predicted octanol–water partition coefficient (Wildman–Crippen LogP) is 2.31. The molecule has 0 spiro atoms. The smallest absolute Gasteiger partial charge is 0.255 e. The summed E-state index contributed by atoms with van der Waals surface area (Å²) in [5.74, 6) is -0.397. The number of carbonyl (C=O) groups is 2. The van der Waals surface area contributed by atoms with Crippen LogP contribution >= 0.6 is 0 Å². The van der Waals surface area contributed by atoms with E-state index < -0.39 is 11.7 Å². The largest absolute Gasteiger partial charge is 0.493 e. The average molecular weight is 360 g/mol. The molecule has 2 rings (SSSR count). The van der Waals surface area contributed by atoms with Crippen LogP contribution < -0.4 is 20.1 Å². The molecule has 2 aromatic carbocycles. The Labute approximate surface area is 151 Å². The number of methoxy groups -OCH3 is 2. The highest BCUT2D eigenvalue weighted by Gasteiger charge is 2.16. The van der Waals surface area contributed by atoms with Gasteiger partial charge in [-0.15, -0.1) is 0 Å². The van der Waals surface area contributed by atoms with E-state index in [1.54, 1.807) is 37.3 Å². The van der Waals surface area contributed by atoms with Crippen LogP contribution in [0.2, 0.25) is 0 Å². The van der Waals surface area contributed by atoms with Gasteiger partial charge in [-0.2, -0.15) is 0 Å². The number of ether oxygens (including phenoxy) is 2. The lowest BCUT2D eigenvalue weighted by Crippen LogP contribution is -2.34. The summed E-state index contributed by atoms with van der Waals surface area (Å²) in [5, 5.41) is 5.32. The Kier molecular flexibility index (Phi) is 6.54. The van der Waals surface area contributed by atoms with Crippen LogP contribution in [0.1, 0.15) is 26.3 Å². The van der Waals surface area contributed by atoms with E-state index in [4.69, 9.17) is 9.47 Å². The summed E-state index contributed by atoms with van der Waals surface area (Å²) in [6, 6.07) is 9.27. The molecule has 0 fully saturated rings. The van der Waals surface area contributed by atoms with Crippen molar-refractivity contribution < 1.29 is 23.5 Å². The van der Waals surface area contributed by atoms with Gasteiger partial charge in [0.1, 0.15) is 5.82 Å². The van der Waals surface area contributed by atoms with Crippen molar-refractivity contribution in [3.05, 3.63) is 58.9 Å². The van der Waals surface area contributed by atoms with Gasteiger partial charge in [0.25, 0.3) is 11.8 Å². The molecule has 0 bridgehead atoms. The summed E-state index contributed by atoms with van der Waals surface area (Å²) >= 11 is 0. The van der Waals surface area contributed by atoms with Crippen molar-refractivity contribution in [2.24, 2.45) is 0 Å². The molecule has 0 aromatic heterocycles. The fourth-order valence-corrected chi connectivity index (χ4v) is 2.35. The molecule has 6 nitrogen and oxygen atoms in total. The molecular formula is C19H21FN2O4. The first-order valence-corrected chi connectivity index (χ1v) is 8.01. The van der Waals surface area contributed by atoms with Gasteiger partial charge in [0, 0.05) is 18.7 Å². The van der Waals surface area contributed by atoms with E-state index in [1.807, 2.05) is 0 Å². The van der Waals surface area contributed by atoms with Crippen LogP contribution in [0.25, 0.3) is 0 Å². The highest BCUT2D eigenvalue weighted by molar-refractivity contribution is 5.98. The number of carbonyl (C=O) groups excluding carboxylic acids is 2. The van der Waals surface area contributed by atoms with Crippen molar-refractivity contribution in [2.75, 3.05) is 27.3 Å². The van der Waals surface area contributed by atoms with Gasteiger partial charge in [-0.3, -0.25) is 9.59 Å². The summed E-state index contributed by atoms with van der Waals surface area (Å²) in [6.45, 7) is 2.03. The zero-order valence-corrected chi connectivity index (χ0v) is 14.9. The van der Waals surface area contributed by atoms with Crippen molar-refractivity contribution in [3.63, 3.8) is 0 Å². The number of benzene rings is 2. The van der Waals surface area contributed by atoms with Crippen molar-refractivity contribution in [2.45, 2.75) is 6.92 Å². The van der Waals surface area contributed by atoms with Crippen molar-refractivity contribution in [1.82, 2.24) is 10.6 Å². The fourth-order valence-electron chi connectivity index (χ4n) is 2.35. The van der Waals surface area contributed by atoms with Gasteiger partial charge in [-0.1, -0.05) is 12.1 Å². The molecule has 2 aromatic rings. The van der Waals surface area contributed by atoms with Gasteiger partial charge in [-0.05, 0) is 36.8 Å². The lowest BCUT2D eigenvalue weighted by molar-refractivity contribution is 0.0925. The minimum atomic E-state index is -0.434. The molecule has 26 heavy (non-hydrogen) atoms. The second-order valence-corrected chi connectivity index (χ2v) is 5.52. The molecule has 0 saturated heterocycles. The number of amides is 2. The molecule has 2 amide bonds.